The number of fused-ring (bicyclic) bond motifs is 1. The number of ether oxygens (including phenoxy) is 1. The van der Waals surface area contributed by atoms with Gasteiger partial charge in [0, 0.05) is 11.6 Å². The first-order valence-electron chi connectivity index (χ1n) is 8.02. The van der Waals surface area contributed by atoms with Crippen molar-refractivity contribution in [2.75, 3.05) is 0 Å². The molecule has 23 heavy (non-hydrogen) atoms. The molecule has 122 valence electrons. The smallest absolute Gasteiger partial charge is 0.306 e. The highest BCUT2D eigenvalue weighted by atomic mass is 16.6. The standard InChI is InChI=1S/C18H23N3O2/c1-12-15-7-8-21(17(15)20-11-19-12)14-6-5-13(9-14)10-16(22)23-18(2,3)4/h5-8,11,13-14H,9-10H2,1-4H3/t13-,14+/m1/s1. The van der Waals surface area contributed by atoms with Crippen molar-refractivity contribution in [2.45, 2.75) is 52.2 Å². The quantitative estimate of drug-likeness (QED) is 0.642. The van der Waals surface area contributed by atoms with Gasteiger partial charge in [0.2, 0.25) is 0 Å². The lowest BCUT2D eigenvalue weighted by Gasteiger charge is -2.21. The van der Waals surface area contributed by atoms with Gasteiger partial charge < -0.3 is 9.30 Å². The van der Waals surface area contributed by atoms with Crippen LogP contribution in [-0.4, -0.2) is 26.1 Å². The minimum Gasteiger partial charge on any atom is -0.460 e. The highest BCUT2D eigenvalue weighted by molar-refractivity contribution is 5.78. The van der Waals surface area contributed by atoms with Crippen LogP contribution in [0.25, 0.3) is 11.0 Å². The number of carbonyl (C=O) groups excluding carboxylic acids is 1. The molecule has 2 heterocycles. The number of hydrogen-bond acceptors (Lipinski definition) is 4. The van der Waals surface area contributed by atoms with Gasteiger partial charge in [-0.2, -0.15) is 0 Å². The zero-order valence-corrected chi connectivity index (χ0v) is 14.1. The molecule has 1 aliphatic carbocycles. The topological polar surface area (TPSA) is 57.0 Å². The van der Waals surface area contributed by atoms with Crippen molar-refractivity contribution in [2.24, 2.45) is 5.92 Å². The lowest BCUT2D eigenvalue weighted by Crippen LogP contribution is -2.25. The highest BCUT2D eigenvalue weighted by Crippen LogP contribution is 2.33. The Hall–Kier alpha value is -2.17. The van der Waals surface area contributed by atoms with Gasteiger partial charge in [0.15, 0.2) is 0 Å². The molecule has 0 fully saturated rings. The van der Waals surface area contributed by atoms with E-state index in [9.17, 15) is 4.79 Å². The summed E-state index contributed by atoms with van der Waals surface area (Å²) in [5.41, 5.74) is 1.51. The van der Waals surface area contributed by atoms with Crippen LogP contribution in [0.5, 0.6) is 0 Å². The largest absolute Gasteiger partial charge is 0.460 e. The van der Waals surface area contributed by atoms with Crippen LogP contribution in [0.3, 0.4) is 0 Å². The minimum atomic E-state index is -0.427. The number of esters is 1. The first kappa shape index (κ1) is 15.7. The average Bonchev–Trinajstić information content (AvgIpc) is 3.03. The van der Waals surface area contributed by atoms with Gasteiger partial charge in [-0.25, -0.2) is 9.97 Å². The predicted octanol–water partition coefficient (Wildman–Crippen LogP) is 3.59. The van der Waals surface area contributed by atoms with E-state index in [0.29, 0.717) is 6.42 Å². The van der Waals surface area contributed by atoms with Crippen molar-refractivity contribution in [1.82, 2.24) is 14.5 Å². The molecule has 0 bridgehead atoms. The van der Waals surface area contributed by atoms with Crippen LogP contribution in [0, 0.1) is 12.8 Å². The Labute approximate surface area is 136 Å². The van der Waals surface area contributed by atoms with Gasteiger partial charge in [0.05, 0.1) is 18.2 Å². The molecule has 1 aliphatic rings. The average molecular weight is 313 g/mol. The number of nitrogens with zero attached hydrogens (tertiary/aromatic N) is 3. The fourth-order valence-corrected chi connectivity index (χ4v) is 3.07. The fourth-order valence-electron chi connectivity index (χ4n) is 3.07. The summed E-state index contributed by atoms with van der Waals surface area (Å²) in [4.78, 5) is 20.6. The predicted molar refractivity (Wildman–Crippen MR) is 89.0 cm³/mol. The molecule has 2 aromatic rings. The van der Waals surface area contributed by atoms with Crippen molar-refractivity contribution >= 4 is 17.0 Å². The fraction of sp³-hybridized carbons (Fsp3) is 0.500. The number of allylic oxidation sites excluding steroid dienone is 2. The van der Waals surface area contributed by atoms with E-state index in [0.717, 1.165) is 23.1 Å². The molecule has 0 amide bonds. The SMILES string of the molecule is Cc1ncnc2c1ccn2[C@H]1C=C[C@@H](CC(=O)OC(C)(C)C)C1. The molecule has 0 unspecified atom stereocenters. The molecule has 0 saturated heterocycles. The molecular weight excluding hydrogens is 290 g/mol. The number of aromatic nitrogens is 3. The van der Waals surface area contributed by atoms with Crippen LogP contribution < -0.4 is 0 Å². The molecule has 3 rings (SSSR count). The Balaban J connectivity index is 1.69. The normalized spacial score (nSPS) is 21.0. The van der Waals surface area contributed by atoms with Crippen molar-refractivity contribution < 1.29 is 9.53 Å². The summed E-state index contributed by atoms with van der Waals surface area (Å²) in [5, 5.41) is 1.08. The van der Waals surface area contributed by atoms with Gasteiger partial charge in [0.1, 0.15) is 17.6 Å². The van der Waals surface area contributed by atoms with Crippen LogP contribution >= 0.6 is 0 Å². The maximum absolute atomic E-state index is 12.0. The molecule has 5 heteroatoms. The summed E-state index contributed by atoms with van der Waals surface area (Å²) in [7, 11) is 0. The Kier molecular flexibility index (Phi) is 3.96. The lowest BCUT2D eigenvalue weighted by atomic mass is 10.0. The van der Waals surface area contributed by atoms with Crippen LogP contribution in [0.4, 0.5) is 0 Å². The minimum absolute atomic E-state index is 0.136. The zero-order valence-electron chi connectivity index (χ0n) is 14.1. The molecular formula is C18H23N3O2. The summed E-state index contributed by atoms with van der Waals surface area (Å²) >= 11 is 0. The van der Waals surface area contributed by atoms with Crippen molar-refractivity contribution in [1.29, 1.82) is 0 Å². The number of rotatable bonds is 3. The third kappa shape index (κ3) is 3.44. The highest BCUT2D eigenvalue weighted by Gasteiger charge is 2.26. The summed E-state index contributed by atoms with van der Waals surface area (Å²) in [6.45, 7) is 7.68. The van der Waals surface area contributed by atoms with E-state index >= 15 is 0 Å². The molecule has 0 saturated carbocycles. The molecule has 2 atom stereocenters. The molecule has 0 spiro atoms. The Bertz CT molecular complexity index is 755. The molecule has 0 aliphatic heterocycles. The maximum Gasteiger partial charge on any atom is 0.306 e. The second kappa shape index (κ2) is 5.80. The number of hydrogen-bond donors (Lipinski definition) is 0. The van der Waals surface area contributed by atoms with E-state index < -0.39 is 5.60 Å². The first-order valence-corrected chi connectivity index (χ1v) is 8.02. The van der Waals surface area contributed by atoms with Crippen LogP contribution in [0.1, 0.15) is 45.3 Å². The van der Waals surface area contributed by atoms with Crippen LogP contribution in [0.2, 0.25) is 0 Å². The number of carbonyl (C=O) groups is 1. The molecule has 2 aromatic heterocycles. The van der Waals surface area contributed by atoms with Crippen LogP contribution in [-0.2, 0) is 9.53 Å². The monoisotopic (exact) mass is 313 g/mol. The van der Waals surface area contributed by atoms with Gasteiger partial charge in [-0.15, -0.1) is 0 Å². The van der Waals surface area contributed by atoms with E-state index in [2.05, 4.69) is 39.0 Å². The first-order chi connectivity index (χ1) is 10.8. The van der Waals surface area contributed by atoms with E-state index in [1.165, 1.54) is 0 Å². The summed E-state index contributed by atoms with van der Waals surface area (Å²) in [6, 6.07) is 2.29. The van der Waals surface area contributed by atoms with Gasteiger partial charge >= 0.3 is 5.97 Å². The number of aryl methyl sites for hydroxylation is 1. The van der Waals surface area contributed by atoms with E-state index in [-0.39, 0.29) is 17.9 Å². The second-order valence-corrected chi connectivity index (χ2v) is 7.16. The van der Waals surface area contributed by atoms with Gasteiger partial charge in [0.25, 0.3) is 0 Å². The molecule has 0 aromatic carbocycles. The van der Waals surface area contributed by atoms with Crippen molar-refractivity contribution in [3.63, 3.8) is 0 Å². The van der Waals surface area contributed by atoms with Gasteiger partial charge in [-0.05, 0) is 46.1 Å². The zero-order chi connectivity index (χ0) is 16.6. The van der Waals surface area contributed by atoms with Gasteiger partial charge in [-0.3, -0.25) is 4.79 Å². The van der Waals surface area contributed by atoms with E-state index in [1.807, 2.05) is 27.7 Å². The third-order valence-corrected chi connectivity index (χ3v) is 4.06. The van der Waals surface area contributed by atoms with E-state index in [4.69, 9.17) is 4.74 Å². The Morgan fingerprint density at radius 3 is 2.87 bits per heavy atom. The second-order valence-electron chi connectivity index (χ2n) is 7.16. The maximum atomic E-state index is 12.0. The van der Waals surface area contributed by atoms with Crippen molar-refractivity contribution in [3.05, 3.63) is 36.4 Å². The molecule has 0 radical (unpaired) electrons. The summed E-state index contributed by atoms with van der Waals surface area (Å²) in [6.07, 6.45) is 9.26. The Morgan fingerprint density at radius 2 is 2.13 bits per heavy atom. The van der Waals surface area contributed by atoms with Crippen molar-refractivity contribution in [3.8, 4) is 0 Å². The van der Waals surface area contributed by atoms with E-state index in [1.54, 1.807) is 6.33 Å². The molecule has 5 nitrogen and oxygen atoms in total. The van der Waals surface area contributed by atoms with Gasteiger partial charge in [-0.1, -0.05) is 12.2 Å². The van der Waals surface area contributed by atoms with Crippen LogP contribution in [0.15, 0.2) is 30.7 Å². The Morgan fingerprint density at radius 1 is 1.35 bits per heavy atom. The summed E-state index contributed by atoms with van der Waals surface area (Å²) in [5.74, 6) is 0.0820. The summed E-state index contributed by atoms with van der Waals surface area (Å²) < 4.78 is 7.57. The third-order valence-electron chi connectivity index (χ3n) is 4.06. The molecule has 0 N–H and O–H groups in total. The lowest BCUT2D eigenvalue weighted by molar-refractivity contribution is -0.155.